The molecule has 0 aliphatic carbocycles. The van der Waals surface area contributed by atoms with E-state index in [1.165, 1.54) is 12.1 Å². The molecule has 6 heteroatoms. The summed E-state index contributed by atoms with van der Waals surface area (Å²) in [7, 11) is 0. The summed E-state index contributed by atoms with van der Waals surface area (Å²) in [5.74, 6) is 0.0659. The van der Waals surface area contributed by atoms with Gasteiger partial charge >= 0.3 is 6.03 Å². The number of rotatable bonds is 4. The largest absolute Gasteiger partial charge is 0.396 e. The number of carbonyl (C=O) groups is 1. The first-order valence-corrected chi connectivity index (χ1v) is 8.06. The van der Waals surface area contributed by atoms with Gasteiger partial charge in [-0.05, 0) is 48.9 Å². The Hall–Kier alpha value is -2.08. The number of amides is 2. The van der Waals surface area contributed by atoms with Crippen LogP contribution in [-0.2, 0) is 6.42 Å². The molecule has 3 N–H and O–H groups in total. The Balaban J connectivity index is 1.50. The van der Waals surface area contributed by atoms with Gasteiger partial charge in [-0.25, -0.2) is 9.18 Å². The van der Waals surface area contributed by atoms with Gasteiger partial charge in [0.05, 0.1) is 0 Å². The van der Waals surface area contributed by atoms with E-state index in [4.69, 9.17) is 5.11 Å². The Labute approximate surface area is 134 Å². The molecule has 0 bridgehead atoms. The van der Waals surface area contributed by atoms with Crippen molar-refractivity contribution in [3.05, 3.63) is 35.8 Å². The van der Waals surface area contributed by atoms with Crippen molar-refractivity contribution in [2.24, 2.45) is 5.92 Å². The minimum absolute atomic E-state index is 0.0488. The van der Waals surface area contributed by atoms with E-state index >= 15 is 0 Å². The number of benzene rings is 1. The second kappa shape index (κ2) is 7.00. The maximum atomic E-state index is 13.2. The summed E-state index contributed by atoms with van der Waals surface area (Å²) in [4.78, 5) is 17.0. The lowest BCUT2D eigenvalue weighted by atomic mass is 9.98. The standard InChI is InChI=1S/C17H22FN3O2/c18-14-1-2-15-13(10-20-16(15)9-14)3-6-19-17(23)21-7-4-12(11-22)5-8-21/h1-2,9-10,12,20,22H,3-8,11H2,(H,19,23). The van der Waals surface area contributed by atoms with Crippen molar-refractivity contribution in [2.45, 2.75) is 19.3 Å². The Bertz CT molecular complexity index is 678. The topological polar surface area (TPSA) is 68.4 Å². The predicted molar refractivity (Wildman–Crippen MR) is 86.7 cm³/mol. The molecule has 23 heavy (non-hydrogen) atoms. The van der Waals surface area contributed by atoms with Crippen molar-refractivity contribution in [3.63, 3.8) is 0 Å². The third-order valence-corrected chi connectivity index (χ3v) is 4.56. The van der Waals surface area contributed by atoms with E-state index in [0.717, 1.165) is 29.3 Å². The third-order valence-electron chi connectivity index (χ3n) is 4.56. The van der Waals surface area contributed by atoms with E-state index in [9.17, 15) is 9.18 Å². The van der Waals surface area contributed by atoms with E-state index in [0.29, 0.717) is 32.0 Å². The monoisotopic (exact) mass is 319 g/mol. The van der Waals surface area contributed by atoms with E-state index < -0.39 is 0 Å². The number of nitrogens with zero attached hydrogens (tertiary/aromatic N) is 1. The molecule has 1 saturated heterocycles. The van der Waals surface area contributed by atoms with Crippen LogP contribution in [0.3, 0.4) is 0 Å². The molecule has 2 heterocycles. The van der Waals surface area contributed by atoms with Crippen LogP contribution >= 0.6 is 0 Å². The molecular weight excluding hydrogens is 297 g/mol. The van der Waals surface area contributed by atoms with E-state index in [1.54, 1.807) is 11.0 Å². The summed E-state index contributed by atoms with van der Waals surface area (Å²) >= 11 is 0. The molecule has 1 fully saturated rings. The molecular formula is C17H22FN3O2. The maximum Gasteiger partial charge on any atom is 0.317 e. The number of urea groups is 1. The molecule has 1 aromatic carbocycles. The zero-order valence-electron chi connectivity index (χ0n) is 13.0. The predicted octanol–water partition coefficient (Wildman–Crippen LogP) is 2.26. The smallest absolute Gasteiger partial charge is 0.317 e. The van der Waals surface area contributed by atoms with Gasteiger partial charge < -0.3 is 20.3 Å². The highest BCUT2D eigenvalue weighted by molar-refractivity contribution is 5.83. The highest BCUT2D eigenvalue weighted by Gasteiger charge is 2.21. The summed E-state index contributed by atoms with van der Waals surface area (Å²) in [6.07, 6.45) is 4.28. The van der Waals surface area contributed by atoms with Crippen molar-refractivity contribution in [1.82, 2.24) is 15.2 Å². The minimum atomic E-state index is -0.259. The number of aromatic nitrogens is 1. The van der Waals surface area contributed by atoms with Crippen molar-refractivity contribution in [2.75, 3.05) is 26.2 Å². The summed E-state index contributed by atoms with van der Waals surface area (Å²) in [5.41, 5.74) is 1.84. The van der Waals surface area contributed by atoms with Gasteiger partial charge in [0, 0.05) is 43.3 Å². The highest BCUT2D eigenvalue weighted by Crippen LogP contribution is 2.19. The Kier molecular flexibility index (Phi) is 4.81. The van der Waals surface area contributed by atoms with E-state index in [2.05, 4.69) is 10.3 Å². The third kappa shape index (κ3) is 3.64. The van der Waals surface area contributed by atoms with Gasteiger partial charge in [-0.2, -0.15) is 0 Å². The lowest BCUT2D eigenvalue weighted by Crippen LogP contribution is -2.45. The van der Waals surface area contributed by atoms with Crippen LogP contribution in [0.4, 0.5) is 9.18 Å². The highest BCUT2D eigenvalue weighted by atomic mass is 19.1. The number of hydrogen-bond acceptors (Lipinski definition) is 2. The van der Waals surface area contributed by atoms with Crippen LogP contribution in [0.5, 0.6) is 0 Å². The number of fused-ring (bicyclic) bond motifs is 1. The van der Waals surface area contributed by atoms with Gasteiger partial charge in [0.2, 0.25) is 0 Å². The van der Waals surface area contributed by atoms with Crippen LogP contribution in [0.15, 0.2) is 24.4 Å². The van der Waals surface area contributed by atoms with Gasteiger partial charge in [0.25, 0.3) is 0 Å². The van der Waals surface area contributed by atoms with Crippen LogP contribution in [0.1, 0.15) is 18.4 Å². The van der Waals surface area contributed by atoms with Crippen LogP contribution < -0.4 is 5.32 Å². The first-order chi connectivity index (χ1) is 11.2. The molecule has 124 valence electrons. The van der Waals surface area contributed by atoms with Crippen molar-refractivity contribution in [1.29, 1.82) is 0 Å². The maximum absolute atomic E-state index is 13.2. The van der Waals surface area contributed by atoms with E-state index in [1.807, 2.05) is 6.20 Å². The fourth-order valence-electron chi connectivity index (χ4n) is 3.10. The van der Waals surface area contributed by atoms with Crippen LogP contribution in [0, 0.1) is 11.7 Å². The van der Waals surface area contributed by atoms with Crippen molar-refractivity contribution in [3.8, 4) is 0 Å². The van der Waals surface area contributed by atoms with Gasteiger partial charge in [0.15, 0.2) is 0 Å². The molecule has 1 aliphatic heterocycles. The number of carbonyl (C=O) groups excluding carboxylic acids is 1. The first kappa shape index (κ1) is 15.8. The van der Waals surface area contributed by atoms with Crippen LogP contribution in [-0.4, -0.2) is 47.3 Å². The SMILES string of the molecule is O=C(NCCc1c[nH]c2cc(F)ccc12)N1CCC(CO)CC1. The second-order valence-electron chi connectivity index (χ2n) is 6.10. The number of aromatic amines is 1. The average molecular weight is 319 g/mol. The molecule has 0 radical (unpaired) electrons. The van der Waals surface area contributed by atoms with Gasteiger partial charge in [-0.3, -0.25) is 0 Å². The van der Waals surface area contributed by atoms with Gasteiger partial charge in [-0.1, -0.05) is 0 Å². The normalized spacial score (nSPS) is 16.0. The summed E-state index contributed by atoms with van der Waals surface area (Å²) in [6, 6.07) is 4.64. The number of H-pyrrole nitrogens is 1. The molecule has 5 nitrogen and oxygen atoms in total. The molecule has 0 saturated carbocycles. The van der Waals surface area contributed by atoms with Crippen molar-refractivity contribution < 1.29 is 14.3 Å². The molecule has 2 aromatic rings. The number of piperidine rings is 1. The number of nitrogens with one attached hydrogen (secondary N) is 2. The van der Waals surface area contributed by atoms with Gasteiger partial charge in [0.1, 0.15) is 5.82 Å². The fraction of sp³-hybridized carbons (Fsp3) is 0.471. The lowest BCUT2D eigenvalue weighted by molar-refractivity contribution is 0.137. The fourth-order valence-corrected chi connectivity index (χ4v) is 3.10. The quantitative estimate of drug-likeness (QED) is 0.809. The van der Waals surface area contributed by atoms with Crippen LogP contribution in [0.2, 0.25) is 0 Å². The number of likely N-dealkylation sites (tertiary alicyclic amines) is 1. The molecule has 2 amide bonds. The molecule has 1 aromatic heterocycles. The number of aliphatic hydroxyl groups is 1. The lowest BCUT2D eigenvalue weighted by Gasteiger charge is -2.31. The number of halogens is 1. The van der Waals surface area contributed by atoms with Crippen LogP contribution in [0.25, 0.3) is 10.9 Å². The second-order valence-corrected chi connectivity index (χ2v) is 6.10. The Morgan fingerprint density at radius 1 is 1.39 bits per heavy atom. The molecule has 1 aliphatic rings. The van der Waals surface area contributed by atoms with Gasteiger partial charge in [-0.15, -0.1) is 0 Å². The molecule has 0 unspecified atom stereocenters. The summed E-state index contributed by atoms with van der Waals surface area (Å²) in [5, 5.41) is 13.0. The molecule has 0 spiro atoms. The zero-order chi connectivity index (χ0) is 16.2. The minimum Gasteiger partial charge on any atom is -0.396 e. The number of hydrogen-bond donors (Lipinski definition) is 3. The Morgan fingerprint density at radius 3 is 2.91 bits per heavy atom. The average Bonchev–Trinajstić information content (AvgIpc) is 2.97. The first-order valence-electron chi connectivity index (χ1n) is 8.06. The van der Waals surface area contributed by atoms with E-state index in [-0.39, 0.29) is 18.5 Å². The Morgan fingerprint density at radius 2 is 2.17 bits per heavy atom. The number of aliphatic hydroxyl groups excluding tert-OH is 1. The molecule has 0 atom stereocenters. The summed E-state index contributed by atoms with van der Waals surface area (Å²) in [6.45, 7) is 2.15. The summed E-state index contributed by atoms with van der Waals surface area (Å²) < 4.78 is 13.2. The molecule has 3 rings (SSSR count). The zero-order valence-corrected chi connectivity index (χ0v) is 13.0. The van der Waals surface area contributed by atoms with Crippen molar-refractivity contribution >= 4 is 16.9 Å².